The highest BCUT2D eigenvalue weighted by Gasteiger charge is 2.20. The highest BCUT2D eigenvalue weighted by molar-refractivity contribution is 5.85. The Labute approximate surface area is 127 Å². The molecule has 1 aliphatic rings. The lowest BCUT2D eigenvalue weighted by Gasteiger charge is -2.31. The van der Waals surface area contributed by atoms with E-state index in [1.807, 2.05) is 7.05 Å². The van der Waals surface area contributed by atoms with E-state index in [0.29, 0.717) is 0 Å². The van der Waals surface area contributed by atoms with Gasteiger partial charge in [-0.25, -0.2) is 0 Å². The van der Waals surface area contributed by atoms with E-state index in [0.717, 1.165) is 56.7 Å². The Balaban J connectivity index is 0.00000200. The van der Waals surface area contributed by atoms with Gasteiger partial charge in [0, 0.05) is 6.42 Å². The molecule has 0 unspecified atom stereocenters. The molecule has 0 saturated carbocycles. The molecule has 0 bridgehead atoms. The van der Waals surface area contributed by atoms with Gasteiger partial charge in [-0.3, -0.25) is 4.90 Å². The third-order valence-electron chi connectivity index (χ3n) is 3.85. The van der Waals surface area contributed by atoms with E-state index in [4.69, 9.17) is 4.52 Å². The predicted octanol–water partition coefficient (Wildman–Crippen LogP) is 2.27. The fraction of sp³-hybridized carbons (Fsp3) is 0.857. The van der Waals surface area contributed by atoms with E-state index in [-0.39, 0.29) is 12.4 Å². The van der Waals surface area contributed by atoms with E-state index in [2.05, 4.69) is 27.3 Å². The molecule has 0 atom stereocenters. The van der Waals surface area contributed by atoms with Crippen molar-refractivity contribution in [1.82, 2.24) is 20.4 Å². The number of nitrogens with one attached hydrogen (secondary N) is 1. The first-order valence-corrected chi connectivity index (χ1v) is 7.50. The Morgan fingerprint density at radius 1 is 1.35 bits per heavy atom. The minimum Gasteiger partial charge on any atom is -0.339 e. The van der Waals surface area contributed by atoms with Crippen molar-refractivity contribution in [3.05, 3.63) is 11.7 Å². The number of aromatic nitrogens is 2. The summed E-state index contributed by atoms with van der Waals surface area (Å²) in [5.74, 6) is 2.50. The van der Waals surface area contributed by atoms with Crippen LogP contribution in [0.4, 0.5) is 0 Å². The molecule has 0 radical (unpaired) electrons. The molecule has 116 valence electrons. The molecule has 1 fully saturated rings. The molecule has 6 heteroatoms. The average molecular weight is 303 g/mol. The summed E-state index contributed by atoms with van der Waals surface area (Å²) in [7, 11) is 2.03. The van der Waals surface area contributed by atoms with Crippen LogP contribution in [0.5, 0.6) is 0 Å². The van der Waals surface area contributed by atoms with Gasteiger partial charge >= 0.3 is 0 Å². The number of halogens is 1. The van der Waals surface area contributed by atoms with Gasteiger partial charge in [0.25, 0.3) is 0 Å². The van der Waals surface area contributed by atoms with Gasteiger partial charge in [0.1, 0.15) is 0 Å². The molecule has 0 spiro atoms. The highest BCUT2D eigenvalue weighted by Crippen LogP contribution is 2.20. The second kappa shape index (κ2) is 9.32. The van der Waals surface area contributed by atoms with Crippen molar-refractivity contribution in [3.8, 4) is 0 Å². The van der Waals surface area contributed by atoms with E-state index in [1.54, 1.807) is 0 Å². The molecule has 20 heavy (non-hydrogen) atoms. The summed E-state index contributed by atoms with van der Waals surface area (Å²) in [5.41, 5.74) is 0. The van der Waals surface area contributed by atoms with Gasteiger partial charge in [-0.2, -0.15) is 4.98 Å². The van der Waals surface area contributed by atoms with Gasteiger partial charge in [-0.1, -0.05) is 12.1 Å². The van der Waals surface area contributed by atoms with Gasteiger partial charge in [0.15, 0.2) is 5.82 Å². The van der Waals surface area contributed by atoms with E-state index in [1.165, 1.54) is 19.3 Å². The molecule has 2 heterocycles. The molecule has 0 amide bonds. The quantitative estimate of drug-likeness (QED) is 0.837. The Morgan fingerprint density at radius 3 is 2.75 bits per heavy atom. The van der Waals surface area contributed by atoms with Crippen LogP contribution < -0.4 is 5.32 Å². The SMILES string of the molecule is CCCc1nc(CN2CCC(CCNC)CC2)no1.Cl. The summed E-state index contributed by atoms with van der Waals surface area (Å²) >= 11 is 0. The first kappa shape index (κ1) is 17.4. The van der Waals surface area contributed by atoms with Crippen LogP contribution in [-0.2, 0) is 13.0 Å². The highest BCUT2D eigenvalue weighted by atomic mass is 35.5. The summed E-state index contributed by atoms with van der Waals surface area (Å²) in [4.78, 5) is 6.87. The van der Waals surface area contributed by atoms with E-state index < -0.39 is 0 Å². The number of piperidine rings is 1. The summed E-state index contributed by atoms with van der Waals surface area (Å²) < 4.78 is 5.22. The van der Waals surface area contributed by atoms with E-state index in [9.17, 15) is 0 Å². The van der Waals surface area contributed by atoms with E-state index >= 15 is 0 Å². The summed E-state index contributed by atoms with van der Waals surface area (Å²) in [6.07, 6.45) is 5.83. The third-order valence-corrected chi connectivity index (χ3v) is 3.85. The fourth-order valence-electron chi connectivity index (χ4n) is 2.65. The number of aryl methyl sites for hydroxylation is 1. The minimum atomic E-state index is 0. The van der Waals surface area contributed by atoms with Crippen molar-refractivity contribution in [1.29, 1.82) is 0 Å². The molecule has 0 aromatic carbocycles. The lowest BCUT2D eigenvalue weighted by molar-refractivity contribution is 0.167. The molecule has 1 aliphatic heterocycles. The van der Waals surface area contributed by atoms with Crippen molar-refractivity contribution in [2.24, 2.45) is 5.92 Å². The Morgan fingerprint density at radius 2 is 2.10 bits per heavy atom. The van der Waals surface area contributed by atoms with Gasteiger partial charge in [0.2, 0.25) is 5.89 Å². The standard InChI is InChI=1S/C14H26N4O.ClH/c1-3-4-14-16-13(17-19-14)11-18-9-6-12(7-10-18)5-8-15-2;/h12,15H,3-11H2,1-2H3;1H. The molecule has 1 aromatic heterocycles. The Bertz CT molecular complexity index is 364. The van der Waals surface area contributed by atoms with Crippen LogP contribution in [-0.4, -0.2) is 41.7 Å². The van der Waals surface area contributed by atoms with Crippen LogP contribution in [0, 0.1) is 5.92 Å². The average Bonchev–Trinajstić information content (AvgIpc) is 2.86. The number of hydrogen-bond donors (Lipinski definition) is 1. The number of rotatable bonds is 7. The zero-order valence-corrected chi connectivity index (χ0v) is 13.4. The van der Waals surface area contributed by atoms with Crippen LogP contribution in [0.2, 0.25) is 0 Å². The minimum absolute atomic E-state index is 0. The van der Waals surface area contributed by atoms with Crippen molar-refractivity contribution < 1.29 is 4.52 Å². The van der Waals surface area contributed by atoms with Gasteiger partial charge in [-0.15, -0.1) is 12.4 Å². The lowest BCUT2D eigenvalue weighted by Crippen LogP contribution is -2.34. The molecular formula is C14H27ClN4O. The molecule has 2 rings (SSSR count). The molecule has 1 saturated heterocycles. The molecule has 1 aromatic rings. The zero-order valence-electron chi connectivity index (χ0n) is 12.6. The van der Waals surface area contributed by atoms with Crippen molar-refractivity contribution in [3.63, 3.8) is 0 Å². The van der Waals surface area contributed by atoms with Crippen LogP contribution in [0.1, 0.15) is 44.3 Å². The maximum atomic E-state index is 5.22. The number of likely N-dealkylation sites (tertiary alicyclic amines) is 1. The van der Waals surface area contributed by atoms with Gasteiger partial charge in [-0.05, 0) is 58.3 Å². The second-order valence-electron chi connectivity index (χ2n) is 5.47. The van der Waals surface area contributed by atoms with Crippen molar-refractivity contribution in [2.75, 3.05) is 26.7 Å². The smallest absolute Gasteiger partial charge is 0.226 e. The lowest BCUT2D eigenvalue weighted by atomic mass is 9.93. The maximum Gasteiger partial charge on any atom is 0.226 e. The second-order valence-corrected chi connectivity index (χ2v) is 5.47. The monoisotopic (exact) mass is 302 g/mol. The summed E-state index contributed by atoms with van der Waals surface area (Å²) in [6, 6.07) is 0. The van der Waals surface area contributed by atoms with Crippen LogP contribution in [0.15, 0.2) is 4.52 Å². The first-order chi connectivity index (χ1) is 9.31. The summed E-state index contributed by atoms with van der Waals surface area (Å²) in [5, 5.41) is 7.29. The molecule has 5 nitrogen and oxygen atoms in total. The molecular weight excluding hydrogens is 276 g/mol. The maximum absolute atomic E-state index is 5.22. The third kappa shape index (κ3) is 5.38. The van der Waals surface area contributed by atoms with Crippen molar-refractivity contribution in [2.45, 2.75) is 45.6 Å². The number of hydrogen-bond acceptors (Lipinski definition) is 5. The number of nitrogens with zero attached hydrogens (tertiary/aromatic N) is 3. The Hall–Kier alpha value is -0.650. The van der Waals surface area contributed by atoms with Crippen molar-refractivity contribution >= 4 is 12.4 Å². The largest absolute Gasteiger partial charge is 0.339 e. The molecule has 0 aliphatic carbocycles. The predicted molar refractivity (Wildman–Crippen MR) is 82.1 cm³/mol. The van der Waals surface area contributed by atoms with Gasteiger partial charge < -0.3 is 9.84 Å². The molecule has 1 N–H and O–H groups in total. The normalized spacial score (nSPS) is 17.1. The Kier molecular flexibility index (Phi) is 8.11. The van der Waals surface area contributed by atoms with Gasteiger partial charge in [0.05, 0.1) is 6.54 Å². The van der Waals surface area contributed by atoms with Crippen LogP contribution in [0.25, 0.3) is 0 Å². The fourth-order valence-corrected chi connectivity index (χ4v) is 2.65. The zero-order chi connectivity index (χ0) is 13.5. The van der Waals surface area contributed by atoms with Crippen LogP contribution in [0.3, 0.4) is 0 Å². The summed E-state index contributed by atoms with van der Waals surface area (Å²) in [6.45, 7) is 6.42. The van der Waals surface area contributed by atoms with Crippen LogP contribution >= 0.6 is 12.4 Å². The first-order valence-electron chi connectivity index (χ1n) is 7.50. The topological polar surface area (TPSA) is 54.2 Å².